The summed E-state index contributed by atoms with van der Waals surface area (Å²) in [5, 5.41) is 8.67. The first-order chi connectivity index (χ1) is 20.1. The number of aliphatic carboxylic acids is 1. The van der Waals surface area contributed by atoms with Gasteiger partial charge in [-0.15, -0.1) is 0 Å². The number of carboxylic acids is 1. The monoisotopic (exact) mass is 577 g/mol. The van der Waals surface area contributed by atoms with Crippen LogP contribution < -0.4 is 0 Å². The molecule has 0 amide bonds. The summed E-state index contributed by atoms with van der Waals surface area (Å²) in [6.07, 6.45) is 41.1. The van der Waals surface area contributed by atoms with E-state index in [-0.39, 0.29) is 12.1 Å². The van der Waals surface area contributed by atoms with Crippen LogP contribution in [0, 0.1) is 0 Å². The van der Waals surface area contributed by atoms with Crippen LogP contribution in [0.5, 0.6) is 0 Å². The molecule has 1 unspecified atom stereocenters. The molecule has 41 heavy (non-hydrogen) atoms. The number of carbonyl (C=O) groups is 2. The van der Waals surface area contributed by atoms with Crippen molar-refractivity contribution in [1.82, 2.24) is 0 Å². The van der Waals surface area contributed by atoms with Crippen LogP contribution in [0.2, 0.25) is 0 Å². The van der Waals surface area contributed by atoms with E-state index in [1.807, 2.05) is 0 Å². The van der Waals surface area contributed by atoms with E-state index >= 15 is 0 Å². The summed E-state index contributed by atoms with van der Waals surface area (Å²) in [7, 11) is 0. The molecule has 1 atom stereocenters. The zero-order valence-corrected chi connectivity index (χ0v) is 27.4. The lowest BCUT2D eigenvalue weighted by atomic mass is 10.0. The lowest BCUT2D eigenvalue weighted by molar-refractivity contribution is -0.150. The molecule has 0 aliphatic carbocycles. The van der Waals surface area contributed by atoms with Crippen LogP contribution in [-0.2, 0) is 14.3 Å². The van der Waals surface area contributed by atoms with Gasteiger partial charge in [-0.05, 0) is 64.2 Å². The zero-order chi connectivity index (χ0) is 30.1. The first kappa shape index (κ1) is 39.4. The van der Waals surface area contributed by atoms with Crippen molar-refractivity contribution >= 4 is 11.9 Å². The molecule has 0 radical (unpaired) electrons. The van der Waals surface area contributed by atoms with Gasteiger partial charge in [-0.3, -0.25) is 9.59 Å². The summed E-state index contributed by atoms with van der Waals surface area (Å²) in [4.78, 5) is 22.9. The van der Waals surface area contributed by atoms with Gasteiger partial charge < -0.3 is 9.84 Å². The first-order valence-corrected chi connectivity index (χ1v) is 17.8. The molecule has 0 aliphatic rings. The molecule has 1 N–H and O–H groups in total. The Balaban J connectivity index is 3.54. The fourth-order valence-electron chi connectivity index (χ4n) is 5.33. The Morgan fingerprint density at radius 1 is 0.537 bits per heavy atom. The second kappa shape index (κ2) is 32.9. The minimum atomic E-state index is -0.685. The van der Waals surface area contributed by atoms with Gasteiger partial charge in [0.1, 0.15) is 6.10 Å². The van der Waals surface area contributed by atoms with Crippen LogP contribution in [0.25, 0.3) is 0 Å². The Labute approximate surface area is 255 Å². The van der Waals surface area contributed by atoms with Crippen LogP contribution in [0.4, 0.5) is 0 Å². The van der Waals surface area contributed by atoms with Crippen molar-refractivity contribution in [3.63, 3.8) is 0 Å². The van der Waals surface area contributed by atoms with Gasteiger partial charge in [0.2, 0.25) is 0 Å². The minimum Gasteiger partial charge on any atom is -0.481 e. The Hall–Kier alpha value is -1.58. The molecule has 0 aromatic rings. The zero-order valence-electron chi connectivity index (χ0n) is 27.4. The van der Waals surface area contributed by atoms with Crippen molar-refractivity contribution < 1.29 is 19.4 Å². The molecule has 0 saturated heterocycles. The molecule has 0 fully saturated rings. The highest BCUT2D eigenvalue weighted by molar-refractivity contribution is 5.69. The Kier molecular flexibility index (Phi) is 31.7. The van der Waals surface area contributed by atoms with Crippen molar-refractivity contribution in [3.8, 4) is 0 Å². The van der Waals surface area contributed by atoms with Crippen molar-refractivity contribution in [2.24, 2.45) is 0 Å². The van der Waals surface area contributed by atoms with Crippen molar-refractivity contribution in [2.75, 3.05) is 0 Å². The van der Waals surface area contributed by atoms with E-state index in [1.54, 1.807) is 0 Å². The average Bonchev–Trinajstić information content (AvgIpc) is 2.95. The SMILES string of the molecule is CCCCC/C=C\C/C=C\CCCCCCCCCCCC(=O)OC(CCC)CCCCCCCCCCC(=O)O. The van der Waals surface area contributed by atoms with Gasteiger partial charge in [0.05, 0.1) is 0 Å². The number of carboxylic acid groups (broad SMARTS) is 1. The van der Waals surface area contributed by atoms with Crippen LogP contribution in [0.1, 0.15) is 194 Å². The lowest BCUT2D eigenvalue weighted by Crippen LogP contribution is -2.18. The minimum absolute atomic E-state index is 0.00172. The molecule has 0 bridgehead atoms. The van der Waals surface area contributed by atoms with E-state index in [4.69, 9.17) is 9.84 Å². The van der Waals surface area contributed by atoms with E-state index in [1.165, 1.54) is 103 Å². The maximum atomic E-state index is 12.3. The van der Waals surface area contributed by atoms with E-state index in [0.717, 1.165) is 64.2 Å². The van der Waals surface area contributed by atoms with E-state index in [9.17, 15) is 9.59 Å². The number of esters is 1. The molecule has 0 rings (SSSR count). The maximum absolute atomic E-state index is 12.3. The number of rotatable bonds is 32. The summed E-state index contributed by atoms with van der Waals surface area (Å²) in [5.74, 6) is -0.683. The van der Waals surface area contributed by atoms with Crippen LogP contribution in [0.3, 0.4) is 0 Å². The van der Waals surface area contributed by atoms with Gasteiger partial charge in [0, 0.05) is 12.8 Å². The third-order valence-electron chi connectivity index (χ3n) is 7.91. The topological polar surface area (TPSA) is 63.6 Å². The van der Waals surface area contributed by atoms with E-state index in [0.29, 0.717) is 12.8 Å². The molecule has 240 valence electrons. The van der Waals surface area contributed by atoms with Gasteiger partial charge in [0.15, 0.2) is 0 Å². The predicted octanol–water partition coefficient (Wildman–Crippen LogP) is 12.1. The smallest absolute Gasteiger partial charge is 0.306 e. The molecule has 0 saturated carbocycles. The highest BCUT2D eigenvalue weighted by atomic mass is 16.5. The Morgan fingerprint density at radius 2 is 1.00 bits per heavy atom. The molecule has 4 nitrogen and oxygen atoms in total. The highest BCUT2D eigenvalue weighted by Crippen LogP contribution is 2.17. The normalized spacial score (nSPS) is 12.4. The highest BCUT2D eigenvalue weighted by Gasteiger charge is 2.13. The molecule has 0 heterocycles. The summed E-state index contributed by atoms with van der Waals surface area (Å²) in [6.45, 7) is 4.42. The first-order valence-electron chi connectivity index (χ1n) is 17.8. The molecular formula is C37H68O4. The largest absolute Gasteiger partial charge is 0.481 e. The second-order valence-electron chi connectivity index (χ2n) is 12.1. The van der Waals surface area contributed by atoms with Crippen molar-refractivity contribution in [3.05, 3.63) is 24.3 Å². The van der Waals surface area contributed by atoms with Gasteiger partial charge >= 0.3 is 11.9 Å². The van der Waals surface area contributed by atoms with E-state index < -0.39 is 5.97 Å². The van der Waals surface area contributed by atoms with Crippen LogP contribution >= 0.6 is 0 Å². The number of carbonyl (C=O) groups excluding carboxylic acids is 1. The second-order valence-corrected chi connectivity index (χ2v) is 12.1. The molecule has 4 heteroatoms. The summed E-state index contributed by atoms with van der Waals surface area (Å²) < 4.78 is 5.82. The van der Waals surface area contributed by atoms with Gasteiger partial charge in [-0.1, -0.05) is 141 Å². The van der Waals surface area contributed by atoms with Crippen LogP contribution in [0.15, 0.2) is 24.3 Å². The number of unbranched alkanes of at least 4 members (excludes halogenated alkanes) is 19. The van der Waals surface area contributed by atoms with Gasteiger partial charge in [0.25, 0.3) is 0 Å². The Morgan fingerprint density at radius 3 is 1.51 bits per heavy atom. The number of allylic oxidation sites excluding steroid dienone is 4. The van der Waals surface area contributed by atoms with Crippen molar-refractivity contribution in [2.45, 2.75) is 200 Å². The predicted molar refractivity (Wildman–Crippen MR) is 176 cm³/mol. The summed E-state index contributed by atoms with van der Waals surface area (Å²) >= 11 is 0. The number of ether oxygens (including phenoxy) is 1. The number of hydrogen-bond acceptors (Lipinski definition) is 3. The third-order valence-corrected chi connectivity index (χ3v) is 7.91. The molecule has 0 spiro atoms. The van der Waals surface area contributed by atoms with E-state index in [2.05, 4.69) is 38.2 Å². The number of hydrogen-bond donors (Lipinski definition) is 1. The summed E-state index contributed by atoms with van der Waals surface area (Å²) in [6, 6.07) is 0. The van der Waals surface area contributed by atoms with Gasteiger partial charge in [-0.2, -0.15) is 0 Å². The molecule has 0 aliphatic heterocycles. The average molecular weight is 577 g/mol. The molecule has 0 aromatic heterocycles. The van der Waals surface area contributed by atoms with Gasteiger partial charge in [-0.25, -0.2) is 0 Å². The fourth-order valence-corrected chi connectivity index (χ4v) is 5.33. The standard InChI is InChI=1S/C37H68O4/c1-3-5-6-7-8-9-10-11-12-13-14-15-16-17-18-19-24-27-30-34-37(40)41-35(31-4-2)32-28-25-22-20-21-23-26-29-33-36(38)39/h8-9,11-12,35H,3-7,10,13-34H2,1-2H3,(H,38,39)/b9-8-,12-11-. The lowest BCUT2D eigenvalue weighted by Gasteiger charge is -2.17. The quantitative estimate of drug-likeness (QED) is 0.0491. The summed E-state index contributed by atoms with van der Waals surface area (Å²) in [5.41, 5.74) is 0. The fraction of sp³-hybridized carbons (Fsp3) is 0.838. The molecule has 0 aromatic carbocycles. The maximum Gasteiger partial charge on any atom is 0.306 e. The Bertz CT molecular complexity index is 624. The molecular weight excluding hydrogens is 508 g/mol. The van der Waals surface area contributed by atoms with Crippen LogP contribution in [-0.4, -0.2) is 23.1 Å². The third kappa shape index (κ3) is 32.8. The van der Waals surface area contributed by atoms with Crippen molar-refractivity contribution in [1.29, 1.82) is 0 Å².